The maximum absolute atomic E-state index is 12.5. The highest BCUT2D eigenvalue weighted by atomic mass is 35.5. The SMILES string of the molecule is CSC1CCCCC1NS(=O)(=O)c1c(N)cccc1Cl. The van der Waals surface area contributed by atoms with E-state index < -0.39 is 10.0 Å². The van der Waals surface area contributed by atoms with E-state index in [0.29, 0.717) is 5.25 Å². The number of sulfonamides is 1. The van der Waals surface area contributed by atoms with Gasteiger partial charge in [-0.05, 0) is 31.2 Å². The Morgan fingerprint density at radius 2 is 2.05 bits per heavy atom. The highest BCUT2D eigenvalue weighted by molar-refractivity contribution is 7.99. The number of nitrogen functional groups attached to an aromatic ring is 1. The number of thioether (sulfide) groups is 1. The van der Waals surface area contributed by atoms with Crippen molar-refractivity contribution in [2.24, 2.45) is 0 Å². The van der Waals surface area contributed by atoms with Gasteiger partial charge in [0.25, 0.3) is 0 Å². The van der Waals surface area contributed by atoms with E-state index >= 15 is 0 Å². The van der Waals surface area contributed by atoms with Gasteiger partial charge >= 0.3 is 0 Å². The van der Waals surface area contributed by atoms with Crippen LogP contribution in [0.3, 0.4) is 0 Å². The van der Waals surface area contributed by atoms with Crippen molar-refractivity contribution >= 4 is 39.1 Å². The summed E-state index contributed by atoms with van der Waals surface area (Å²) in [6, 6.07) is 4.67. The topological polar surface area (TPSA) is 72.2 Å². The maximum Gasteiger partial charge on any atom is 0.244 e. The fourth-order valence-electron chi connectivity index (χ4n) is 2.58. The Hall–Kier alpha value is -0.430. The molecule has 1 aliphatic rings. The van der Waals surface area contributed by atoms with Gasteiger partial charge in [-0.2, -0.15) is 11.8 Å². The molecule has 0 saturated heterocycles. The molecule has 2 rings (SSSR count). The Kier molecular flexibility index (Phi) is 5.23. The molecule has 112 valence electrons. The van der Waals surface area contributed by atoms with Crippen molar-refractivity contribution in [3.05, 3.63) is 23.2 Å². The molecule has 2 atom stereocenters. The Labute approximate surface area is 129 Å². The second kappa shape index (κ2) is 6.56. The van der Waals surface area contributed by atoms with E-state index in [1.165, 1.54) is 0 Å². The van der Waals surface area contributed by atoms with Crippen LogP contribution >= 0.6 is 23.4 Å². The number of halogens is 1. The highest BCUT2D eigenvalue weighted by Crippen LogP contribution is 2.31. The third kappa shape index (κ3) is 3.42. The molecule has 2 unspecified atom stereocenters. The quantitative estimate of drug-likeness (QED) is 0.830. The molecule has 0 aromatic heterocycles. The van der Waals surface area contributed by atoms with Gasteiger partial charge in [-0.15, -0.1) is 0 Å². The van der Waals surface area contributed by atoms with E-state index in [1.54, 1.807) is 30.0 Å². The number of benzene rings is 1. The lowest BCUT2D eigenvalue weighted by Crippen LogP contribution is -2.43. The lowest BCUT2D eigenvalue weighted by molar-refractivity contribution is 0.423. The summed E-state index contributed by atoms with van der Waals surface area (Å²) in [7, 11) is -3.68. The predicted octanol–water partition coefficient (Wildman–Crippen LogP) is 2.87. The van der Waals surface area contributed by atoms with Crippen LogP contribution in [0.15, 0.2) is 23.1 Å². The Morgan fingerprint density at radius 3 is 2.70 bits per heavy atom. The van der Waals surface area contributed by atoms with Crippen LogP contribution in [0.4, 0.5) is 5.69 Å². The molecule has 4 nitrogen and oxygen atoms in total. The first-order valence-corrected chi connectivity index (χ1v) is 9.69. The van der Waals surface area contributed by atoms with Crippen LogP contribution in [-0.4, -0.2) is 26.0 Å². The molecule has 0 spiro atoms. The van der Waals surface area contributed by atoms with E-state index in [-0.39, 0.29) is 21.6 Å². The number of anilines is 1. The molecule has 0 aliphatic heterocycles. The van der Waals surface area contributed by atoms with E-state index in [0.717, 1.165) is 25.7 Å². The molecule has 20 heavy (non-hydrogen) atoms. The Bertz CT molecular complexity index is 557. The largest absolute Gasteiger partial charge is 0.398 e. The fraction of sp³-hybridized carbons (Fsp3) is 0.538. The minimum Gasteiger partial charge on any atom is -0.398 e. The van der Waals surface area contributed by atoms with Gasteiger partial charge in [-0.25, -0.2) is 13.1 Å². The van der Waals surface area contributed by atoms with E-state index in [2.05, 4.69) is 4.72 Å². The molecule has 3 N–H and O–H groups in total. The van der Waals surface area contributed by atoms with E-state index in [1.807, 2.05) is 6.26 Å². The first-order chi connectivity index (χ1) is 9.45. The van der Waals surface area contributed by atoms with Crippen molar-refractivity contribution in [2.45, 2.75) is 41.9 Å². The van der Waals surface area contributed by atoms with Gasteiger partial charge in [-0.3, -0.25) is 0 Å². The highest BCUT2D eigenvalue weighted by Gasteiger charge is 2.30. The summed E-state index contributed by atoms with van der Waals surface area (Å²) in [6.45, 7) is 0. The summed E-state index contributed by atoms with van der Waals surface area (Å²) < 4.78 is 27.8. The van der Waals surface area contributed by atoms with Gasteiger partial charge in [0.2, 0.25) is 10.0 Å². The normalized spacial score (nSPS) is 23.7. The number of hydrogen-bond acceptors (Lipinski definition) is 4. The number of nitrogens with two attached hydrogens (primary N) is 1. The van der Waals surface area contributed by atoms with Crippen LogP contribution in [-0.2, 0) is 10.0 Å². The average molecular weight is 335 g/mol. The van der Waals surface area contributed by atoms with Crippen LogP contribution in [0.2, 0.25) is 5.02 Å². The van der Waals surface area contributed by atoms with Crippen molar-refractivity contribution in [2.75, 3.05) is 12.0 Å². The van der Waals surface area contributed by atoms with Crippen molar-refractivity contribution in [3.63, 3.8) is 0 Å². The van der Waals surface area contributed by atoms with E-state index in [4.69, 9.17) is 17.3 Å². The van der Waals surface area contributed by atoms with E-state index in [9.17, 15) is 8.42 Å². The lowest BCUT2D eigenvalue weighted by atomic mass is 9.96. The Balaban J connectivity index is 2.27. The summed E-state index contributed by atoms with van der Waals surface area (Å²) in [5.41, 5.74) is 5.95. The third-order valence-electron chi connectivity index (χ3n) is 3.58. The van der Waals surface area contributed by atoms with Gasteiger partial charge in [0.05, 0.1) is 10.7 Å². The summed E-state index contributed by atoms with van der Waals surface area (Å²) in [5, 5.41) is 0.469. The monoisotopic (exact) mass is 334 g/mol. The number of nitrogens with one attached hydrogen (secondary N) is 1. The van der Waals surface area contributed by atoms with Gasteiger partial charge in [0.1, 0.15) is 4.90 Å². The molecule has 1 fully saturated rings. The minimum atomic E-state index is -3.68. The molecule has 0 amide bonds. The first-order valence-electron chi connectivity index (χ1n) is 6.55. The van der Waals surface area contributed by atoms with Crippen LogP contribution in [0, 0.1) is 0 Å². The zero-order chi connectivity index (χ0) is 14.8. The molecule has 0 radical (unpaired) electrons. The summed E-state index contributed by atoms with van der Waals surface area (Å²) >= 11 is 7.70. The summed E-state index contributed by atoms with van der Waals surface area (Å²) in [6.07, 6.45) is 6.10. The lowest BCUT2D eigenvalue weighted by Gasteiger charge is -2.30. The first kappa shape index (κ1) is 15.9. The molecule has 7 heteroatoms. The zero-order valence-electron chi connectivity index (χ0n) is 11.3. The zero-order valence-corrected chi connectivity index (χ0v) is 13.7. The van der Waals surface area contributed by atoms with Crippen LogP contribution in [0.1, 0.15) is 25.7 Å². The molecule has 1 aliphatic carbocycles. The molecule has 1 aromatic carbocycles. The molecule has 1 aromatic rings. The van der Waals surface area contributed by atoms with Crippen molar-refractivity contribution in [3.8, 4) is 0 Å². The predicted molar refractivity (Wildman–Crippen MR) is 85.7 cm³/mol. The second-order valence-corrected chi connectivity index (χ2v) is 8.08. The van der Waals surface area contributed by atoms with Gasteiger partial charge in [0, 0.05) is 11.3 Å². The molecule has 0 heterocycles. The van der Waals surface area contributed by atoms with Gasteiger partial charge in [0.15, 0.2) is 0 Å². The van der Waals surface area contributed by atoms with Crippen molar-refractivity contribution < 1.29 is 8.42 Å². The average Bonchev–Trinajstić information content (AvgIpc) is 2.38. The van der Waals surface area contributed by atoms with Gasteiger partial charge in [-0.1, -0.05) is 30.5 Å². The minimum absolute atomic E-state index is 0.00732. The van der Waals surface area contributed by atoms with Crippen LogP contribution in [0.5, 0.6) is 0 Å². The molecular weight excluding hydrogens is 316 g/mol. The summed E-state index contributed by atoms with van der Waals surface area (Å²) in [5.74, 6) is 0. The van der Waals surface area contributed by atoms with Crippen molar-refractivity contribution in [1.82, 2.24) is 4.72 Å². The van der Waals surface area contributed by atoms with Gasteiger partial charge < -0.3 is 5.73 Å². The Morgan fingerprint density at radius 1 is 1.35 bits per heavy atom. The third-order valence-corrected chi connectivity index (χ3v) is 6.78. The molecule has 1 saturated carbocycles. The standard InChI is InChI=1S/C13H19ClN2O2S2/c1-19-12-8-3-2-7-11(12)16-20(17,18)13-9(14)5-4-6-10(13)15/h4-6,11-12,16H,2-3,7-8,15H2,1H3. The summed E-state index contributed by atoms with van der Waals surface area (Å²) in [4.78, 5) is -0.00732. The van der Waals surface area contributed by atoms with Crippen LogP contribution < -0.4 is 10.5 Å². The fourth-order valence-corrected chi connectivity index (χ4v) is 5.59. The maximum atomic E-state index is 12.5. The number of rotatable bonds is 4. The number of hydrogen-bond donors (Lipinski definition) is 2. The second-order valence-electron chi connectivity index (χ2n) is 4.94. The molecule has 0 bridgehead atoms. The van der Waals surface area contributed by atoms with Crippen molar-refractivity contribution in [1.29, 1.82) is 0 Å². The molecular formula is C13H19ClN2O2S2. The van der Waals surface area contributed by atoms with Crippen LogP contribution in [0.25, 0.3) is 0 Å². The smallest absolute Gasteiger partial charge is 0.244 e.